The number of hydrogen-bond acceptors (Lipinski definition) is 3. The van der Waals surface area contributed by atoms with Crippen molar-refractivity contribution in [3.05, 3.63) is 35.9 Å². The molecule has 1 saturated carbocycles. The summed E-state index contributed by atoms with van der Waals surface area (Å²) in [6, 6.07) is 9.12. The molecule has 1 atom stereocenters. The molecule has 3 rings (SSSR count). The molecule has 5 nitrogen and oxygen atoms in total. The maximum absolute atomic E-state index is 12.6. The number of amides is 2. The average Bonchev–Trinajstić information content (AvgIpc) is 3.19. The molecule has 1 aliphatic heterocycles. The molecule has 1 aromatic rings. The predicted octanol–water partition coefficient (Wildman–Crippen LogP) is 3.48. The van der Waals surface area contributed by atoms with Crippen molar-refractivity contribution < 1.29 is 14.4 Å². The maximum Gasteiger partial charge on any atom is 0.243 e. The molecule has 5 heteroatoms. The molecule has 1 aliphatic carbocycles. The minimum absolute atomic E-state index is 0.00263. The summed E-state index contributed by atoms with van der Waals surface area (Å²) < 4.78 is 0. The first-order valence-corrected chi connectivity index (χ1v) is 10.3. The van der Waals surface area contributed by atoms with Gasteiger partial charge in [-0.1, -0.05) is 49.6 Å². The largest absolute Gasteiger partial charge is 0.352 e. The minimum atomic E-state index is -0.329. The van der Waals surface area contributed by atoms with E-state index in [1.54, 1.807) is 17.0 Å². The van der Waals surface area contributed by atoms with Crippen molar-refractivity contribution in [3.8, 4) is 0 Å². The van der Waals surface area contributed by atoms with Crippen molar-refractivity contribution in [1.29, 1.82) is 0 Å². The van der Waals surface area contributed by atoms with Crippen LogP contribution in [0.5, 0.6) is 0 Å². The summed E-state index contributed by atoms with van der Waals surface area (Å²) >= 11 is 0. The lowest BCUT2D eigenvalue weighted by Gasteiger charge is -2.28. The minimum Gasteiger partial charge on any atom is -0.352 e. The lowest BCUT2D eigenvalue weighted by molar-refractivity contribution is -0.138. The van der Waals surface area contributed by atoms with Crippen LogP contribution >= 0.6 is 0 Å². The second-order valence-corrected chi connectivity index (χ2v) is 7.73. The number of hydrogen-bond donors (Lipinski definition) is 1. The van der Waals surface area contributed by atoms with Crippen molar-refractivity contribution in [2.24, 2.45) is 0 Å². The Morgan fingerprint density at radius 2 is 1.67 bits per heavy atom. The summed E-state index contributed by atoms with van der Waals surface area (Å²) in [5.41, 5.74) is 0.691. The Morgan fingerprint density at radius 3 is 2.41 bits per heavy atom. The van der Waals surface area contributed by atoms with E-state index >= 15 is 0 Å². The van der Waals surface area contributed by atoms with Crippen LogP contribution in [0.3, 0.4) is 0 Å². The molecule has 0 spiro atoms. The predicted molar refractivity (Wildman–Crippen MR) is 104 cm³/mol. The number of benzene rings is 1. The second-order valence-electron chi connectivity index (χ2n) is 7.73. The van der Waals surface area contributed by atoms with Gasteiger partial charge in [0.2, 0.25) is 11.8 Å². The molecule has 0 bridgehead atoms. The van der Waals surface area contributed by atoms with Crippen LogP contribution < -0.4 is 5.32 Å². The van der Waals surface area contributed by atoms with E-state index in [0.717, 1.165) is 25.7 Å². The highest BCUT2D eigenvalue weighted by molar-refractivity contribution is 5.96. The van der Waals surface area contributed by atoms with Crippen LogP contribution in [-0.4, -0.2) is 41.1 Å². The lowest BCUT2D eigenvalue weighted by atomic mass is 9.95. The van der Waals surface area contributed by atoms with Crippen LogP contribution in [-0.2, 0) is 9.59 Å². The van der Waals surface area contributed by atoms with Crippen LogP contribution in [0.2, 0.25) is 0 Å². The van der Waals surface area contributed by atoms with Crippen molar-refractivity contribution in [2.45, 2.75) is 76.3 Å². The third kappa shape index (κ3) is 5.41. The van der Waals surface area contributed by atoms with Crippen LogP contribution in [0.4, 0.5) is 0 Å². The van der Waals surface area contributed by atoms with Crippen molar-refractivity contribution in [2.75, 3.05) is 6.54 Å². The number of likely N-dealkylation sites (tertiary alicyclic amines) is 1. The van der Waals surface area contributed by atoms with Gasteiger partial charge in [-0.15, -0.1) is 0 Å². The number of carbonyl (C=O) groups is 3. The Labute approximate surface area is 161 Å². The number of nitrogens with zero attached hydrogens (tertiary/aromatic N) is 1. The van der Waals surface area contributed by atoms with E-state index in [9.17, 15) is 14.4 Å². The van der Waals surface area contributed by atoms with Gasteiger partial charge in [0.05, 0.1) is 0 Å². The van der Waals surface area contributed by atoms with Gasteiger partial charge in [-0.25, -0.2) is 0 Å². The number of carbonyl (C=O) groups excluding carboxylic acids is 3. The van der Waals surface area contributed by atoms with Gasteiger partial charge in [-0.3, -0.25) is 14.4 Å². The van der Waals surface area contributed by atoms with Crippen LogP contribution in [0, 0.1) is 0 Å². The van der Waals surface area contributed by atoms with E-state index in [2.05, 4.69) is 5.32 Å². The Bertz CT molecular complexity index is 653. The number of ketones is 1. The van der Waals surface area contributed by atoms with Gasteiger partial charge in [0, 0.05) is 31.0 Å². The van der Waals surface area contributed by atoms with E-state index in [1.807, 2.05) is 18.2 Å². The fourth-order valence-electron chi connectivity index (χ4n) is 4.19. The number of rotatable bonds is 7. The summed E-state index contributed by atoms with van der Waals surface area (Å²) in [5.74, 6) is 0.0710. The van der Waals surface area contributed by atoms with Crippen LogP contribution in [0.25, 0.3) is 0 Å². The molecule has 1 heterocycles. The quantitative estimate of drug-likeness (QED) is 0.747. The van der Waals surface area contributed by atoms with Crippen molar-refractivity contribution in [1.82, 2.24) is 10.2 Å². The van der Waals surface area contributed by atoms with Gasteiger partial charge in [0.1, 0.15) is 6.04 Å². The first kappa shape index (κ1) is 19.6. The average molecular weight is 370 g/mol. The smallest absolute Gasteiger partial charge is 0.243 e. The molecule has 1 aromatic carbocycles. The molecular formula is C22H30N2O3. The zero-order valence-electron chi connectivity index (χ0n) is 16.0. The van der Waals surface area contributed by atoms with Crippen molar-refractivity contribution >= 4 is 17.6 Å². The Hall–Kier alpha value is -2.17. The van der Waals surface area contributed by atoms with E-state index in [0.29, 0.717) is 31.4 Å². The Kier molecular flexibility index (Phi) is 7.02. The monoisotopic (exact) mass is 370 g/mol. The van der Waals surface area contributed by atoms with Gasteiger partial charge < -0.3 is 10.2 Å². The first-order valence-electron chi connectivity index (χ1n) is 10.3. The molecule has 0 aromatic heterocycles. The van der Waals surface area contributed by atoms with Crippen LogP contribution in [0.1, 0.15) is 74.6 Å². The summed E-state index contributed by atoms with van der Waals surface area (Å²) in [6.45, 7) is 0.647. The molecule has 1 saturated heterocycles. The molecule has 2 amide bonds. The summed E-state index contributed by atoms with van der Waals surface area (Å²) in [7, 11) is 0. The molecule has 2 fully saturated rings. The zero-order valence-corrected chi connectivity index (χ0v) is 16.0. The van der Waals surface area contributed by atoms with Gasteiger partial charge in [-0.05, 0) is 32.1 Å². The SMILES string of the molecule is O=C(CCCC(=O)N1CCC[C@@H]1C(=O)NC1CCCCC1)c1ccccc1. The summed E-state index contributed by atoms with van der Waals surface area (Å²) in [4.78, 5) is 39.1. The normalized spacial score (nSPS) is 20.4. The maximum atomic E-state index is 12.6. The molecule has 2 aliphatic rings. The van der Waals surface area contributed by atoms with Gasteiger partial charge >= 0.3 is 0 Å². The van der Waals surface area contributed by atoms with Gasteiger partial charge in [-0.2, -0.15) is 0 Å². The van der Waals surface area contributed by atoms with Gasteiger partial charge in [0.15, 0.2) is 5.78 Å². The van der Waals surface area contributed by atoms with Gasteiger partial charge in [0.25, 0.3) is 0 Å². The highest BCUT2D eigenvalue weighted by Crippen LogP contribution is 2.22. The van der Waals surface area contributed by atoms with E-state index in [1.165, 1.54) is 19.3 Å². The fraction of sp³-hybridized carbons (Fsp3) is 0.591. The molecule has 1 N–H and O–H groups in total. The first-order chi connectivity index (χ1) is 13.1. The highest BCUT2D eigenvalue weighted by Gasteiger charge is 2.34. The fourth-order valence-corrected chi connectivity index (χ4v) is 4.19. The number of Topliss-reactive ketones (excluding diaryl/α,β-unsaturated/α-hetero) is 1. The molecule has 0 radical (unpaired) electrons. The van der Waals surface area contributed by atoms with Crippen molar-refractivity contribution in [3.63, 3.8) is 0 Å². The standard InChI is InChI=1S/C22H30N2O3/c25-20(17-9-3-1-4-10-17)14-7-15-21(26)24-16-8-13-19(24)22(27)23-18-11-5-2-6-12-18/h1,3-4,9-10,18-19H,2,5-8,11-16H2,(H,23,27)/t19-/m1/s1. The zero-order chi connectivity index (χ0) is 19.1. The van der Waals surface area contributed by atoms with E-state index in [-0.39, 0.29) is 29.7 Å². The van der Waals surface area contributed by atoms with E-state index < -0.39 is 0 Å². The Morgan fingerprint density at radius 1 is 0.926 bits per heavy atom. The third-order valence-electron chi connectivity index (χ3n) is 5.72. The van der Waals surface area contributed by atoms with Crippen LogP contribution in [0.15, 0.2) is 30.3 Å². The molecule has 0 unspecified atom stereocenters. The third-order valence-corrected chi connectivity index (χ3v) is 5.72. The topological polar surface area (TPSA) is 66.5 Å². The highest BCUT2D eigenvalue weighted by atomic mass is 16.2. The molecule has 146 valence electrons. The molecule has 27 heavy (non-hydrogen) atoms. The number of nitrogens with one attached hydrogen (secondary N) is 1. The molecular weight excluding hydrogens is 340 g/mol. The van der Waals surface area contributed by atoms with E-state index in [4.69, 9.17) is 0 Å². The Balaban J connectivity index is 1.45. The second kappa shape index (κ2) is 9.67. The lowest BCUT2D eigenvalue weighted by Crippen LogP contribution is -2.49. The summed E-state index contributed by atoms with van der Waals surface area (Å²) in [5, 5.41) is 3.15. The summed E-state index contributed by atoms with van der Waals surface area (Å²) in [6.07, 6.45) is 8.53.